The molecule has 0 bridgehead atoms. The monoisotopic (exact) mass is 463 g/mol. The highest BCUT2D eigenvalue weighted by Gasteiger charge is 2.36. The average Bonchev–Trinajstić information content (AvgIpc) is 3.39. The lowest BCUT2D eigenvalue weighted by Crippen LogP contribution is -2.53. The Labute approximate surface area is 193 Å². The molecule has 34 heavy (non-hydrogen) atoms. The van der Waals surface area contributed by atoms with Crippen molar-refractivity contribution in [3.05, 3.63) is 41.7 Å². The largest absolute Gasteiger partial charge is 0.389 e. The fraction of sp³-hybridized carbons (Fsp3) is 0.318. The number of fused-ring (bicyclic) bond motifs is 1. The minimum absolute atomic E-state index is 0.0570. The van der Waals surface area contributed by atoms with Crippen LogP contribution in [0.4, 0.5) is 5.95 Å². The van der Waals surface area contributed by atoms with E-state index in [2.05, 4.69) is 31.9 Å². The van der Waals surface area contributed by atoms with Crippen LogP contribution in [-0.4, -0.2) is 77.7 Å². The second-order valence-electron chi connectivity index (χ2n) is 8.21. The van der Waals surface area contributed by atoms with Gasteiger partial charge in [0.25, 0.3) is 5.91 Å². The maximum absolute atomic E-state index is 13.0. The van der Waals surface area contributed by atoms with Crippen LogP contribution in [0.3, 0.4) is 0 Å². The van der Waals surface area contributed by atoms with Crippen molar-refractivity contribution in [2.45, 2.75) is 31.8 Å². The number of anilines is 1. The number of likely N-dealkylation sites (tertiary alicyclic amines) is 1. The Bertz CT molecular complexity index is 1380. The van der Waals surface area contributed by atoms with Gasteiger partial charge in [-0.3, -0.25) is 4.79 Å². The lowest BCUT2D eigenvalue weighted by Gasteiger charge is -2.35. The maximum Gasteiger partial charge on any atom is 0.275 e. The van der Waals surface area contributed by atoms with Crippen LogP contribution < -0.4 is 5.73 Å². The molecule has 1 fully saturated rings. The van der Waals surface area contributed by atoms with E-state index >= 15 is 0 Å². The van der Waals surface area contributed by atoms with E-state index < -0.39 is 17.9 Å². The highest BCUT2D eigenvalue weighted by atomic mass is 17.2. The van der Waals surface area contributed by atoms with Gasteiger partial charge in [-0.15, -0.1) is 0 Å². The molecule has 0 radical (unpaired) electrons. The quantitative estimate of drug-likeness (QED) is 0.359. The van der Waals surface area contributed by atoms with Gasteiger partial charge in [0, 0.05) is 43.2 Å². The van der Waals surface area contributed by atoms with E-state index in [1.54, 1.807) is 31.2 Å². The molecular weight excluding hydrogens is 442 g/mol. The molecule has 2 aliphatic heterocycles. The molecule has 12 heteroatoms. The van der Waals surface area contributed by atoms with E-state index in [1.807, 2.05) is 0 Å². The van der Waals surface area contributed by atoms with Crippen LogP contribution in [-0.2, 0) is 9.78 Å². The second-order valence-corrected chi connectivity index (χ2v) is 8.21. The van der Waals surface area contributed by atoms with Crippen LogP contribution in [0.2, 0.25) is 0 Å². The van der Waals surface area contributed by atoms with Gasteiger partial charge in [-0.05, 0) is 25.1 Å². The van der Waals surface area contributed by atoms with Crippen molar-refractivity contribution in [1.82, 2.24) is 24.6 Å². The van der Waals surface area contributed by atoms with Crippen molar-refractivity contribution in [3.63, 3.8) is 0 Å². The lowest BCUT2D eigenvalue weighted by molar-refractivity contribution is -0.263. The molecule has 1 saturated heterocycles. The molecule has 4 heterocycles. The summed E-state index contributed by atoms with van der Waals surface area (Å²) in [5, 5.41) is 25.3. The first kappa shape index (κ1) is 21.8. The number of aliphatic hydroxyl groups excluding tert-OH is 1. The number of nitrogen functional groups attached to an aromatic ring is 1. The number of nitrogens with two attached hydrogens (primary N) is 1. The van der Waals surface area contributed by atoms with Crippen molar-refractivity contribution in [3.8, 4) is 17.7 Å². The number of rotatable bonds is 3. The zero-order chi connectivity index (χ0) is 24.0. The molecule has 3 aromatic rings. The SMILES string of the molecule is CC1=NC([C@](C)(O)C#Cc2ccc3c(C(=O)N4CC(O)C4)nn(-c4ccnc(N)n4)c3c2)OO1. The van der Waals surface area contributed by atoms with Gasteiger partial charge in [-0.1, -0.05) is 11.8 Å². The molecule has 1 amide bonds. The third-order valence-corrected chi connectivity index (χ3v) is 5.41. The molecule has 174 valence electrons. The number of hydrogen-bond donors (Lipinski definition) is 3. The average molecular weight is 463 g/mol. The number of carbonyl (C=O) groups is 1. The number of aliphatic imine (C=N–C) groups is 1. The standard InChI is InChI=1S/C22H21N7O5/c1-12-25-20(34-33-12)22(2,32)7-5-13-3-4-15-16(9-13)29(17-6-8-24-21(23)26-17)27-18(15)19(31)28-10-14(30)11-28/h3-4,6,8-9,14,20,30,32H,10-11H2,1-2H3,(H2,23,24,26)/t20?,22-/m1/s1. The van der Waals surface area contributed by atoms with Gasteiger partial charge in [0.05, 0.1) is 11.6 Å². The van der Waals surface area contributed by atoms with Gasteiger partial charge in [0.15, 0.2) is 17.1 Å². The number of β-amino-alcohol motifs (C(OH)–C–C–N with tert-alkyl or cyclic N) is 1. The number of amides is 1. The molecule has 4 N–H and O–H groups in total. The third-order valence-electron chi connectivity index (χ3n) is 5.41. The van der Waals surface area contributed by atoms with E-state index in [-0.39, 0.29) is 30.6 Å². The van der Waals surface area contributed by atoms with Gasteiger partial charge in [0.2, 0.25) is 18.1 Å². The molecule has 2 aromatic heterocycles. The predicted octanol–water partition coefficient (Wildman–Crippen LogP) is 0.0232. The minimum atomic E-state index is -1.60. The molecule has 1 unspecified atom stereocenters. The van der Waals surface area contributed by atoms with Crippen molar-refractivity contribution >= 4 is 28.7 Å². The van der Waals surface area contributed by atoms with Crippen molar-refractivity contribution in [2.24, 2.45) is 4.99 Å². The Kier molecular flexibility index (Phi) is 5.17. The zero-order valence-corrected chi connectivity index (χ0v) is 18.3. The number of carbonyl (C=O) groups excluding carboxylic acids is 1. The predicted molar refractivity (Wildman–Crippen MR) is 120 cm³/mol. The van der Waals surface area contributed by atoms with Crippen molar-refractivity contribution in [2.75, 3.05) is 18.8 Å². The van der Waals surface area contributed by atoms with Gasteiger partial charge in [0.1, 0.15) is 0 Å². The van der Waals surface area contributed by atoms with Crippen molar-refractivity contribution < 1.29 is 24.8 Å². The number of aromatic nitrogens is 4. The van der Waals surface area contributed by atoms with Crippen molar-refractivity contribution in [1.29, 1.82) is 0 Å². The molecule has 0 spiro atoms. The summed E-state index contributed by atoms with van der Waals surface area (Å²) >= 11 is 0. The first-order valence-corrected chi connectivity index (χ1v) is 10.4. The third kappa shape index (κ3) is 3.92. The Morgan fingerprint density at radius 2 is 2.12 bits per heavy atom. The van der Waals surface area contributed by atoms with E-state index in [0.29, 0.717) is 28.2 Å². The summed E-state index contributed by atoms with van der Waals surface area (Å²) in [6, 6.07) is 6.79. The van der Waals surface area contributed by atoms with Gasteiger partial charge in [-0.2, -0.15) is 15.0 Å². The fourth-order valence-corrected chi connectivity index (χ4v) is 3.58. The Hall–Kier alpha value is -4.05. The van der Waals surface area contributed by atoms with Crippen LogP contribution in [0.5, 0.6) is 0 Å². The summed E-state index contributed by atoms with van der Waals surface area (Å²) in [7, 11) is 0. The molecule has 1 aromatic carbocycles. The van der Waals surface area contributed by atoms with Crippen LogP contribution >= 0.6 is 0 Å². The lowest BCUT2D eigenvalue weighted by atomic mass is 10.0. The molecular formula is C22H21N7O5. The van der Waals surface area contributed by atoms with Crippen LogP contribution in [0, 0.1) is 11.8 Å². The highest BCUT2D eigenvalue weighted by Crippen LogP contribution is 2.26. The highest BCUT2D eigenvalue weighted by molar-refractivity contribution is 6.05. The second kappa shape index (κ2) is 8.07. The molecule has 2 atom stereocenters. The summed E-state index contributed by atoms with van der Waals surface area (Å²) in [5.41, 5.74) is 5.47. The van der Waals surface area contributed by atoms with E-state index in [9.17, 15) is 15.0 Å². The first-order chi connectivity index (χ1) is 16.2. The number of hydrogen-bond acceptors (Lipinski definition) is 10. The maximum atomic E-state index is 13.0. The van der Waals surface area contributed by atoms with Gasteiger partial charge >= 0.3 is 0 Å². The fourth-order valence-electron chi connectivity index (χ4n) is 3.58. The Morgan fingerprint density at radius 3 is 2.79 bits per heavy atom. The smallest absolute Gasteiger partial charge is 0.275 e. The molecule has 12 nitrogen and oxygen atoms in total. The Balaban J connectivity index is 1.57. The van der Waals surface area contributed by atoms with E-state index in [4.69, 9.17) is 15.5 Å². The minimum Gasteiger partial charge on any atom is -0.389 e. The number of benzene rings is 1. The molecule has 2 aliphatic rings. The topological polar surface area (TPSA) is 161 Å². The van der Waals surface area contributed by atoms with Crippen LogP contribution in [0.1, 0.15) is 29.9 Å². The van der Waals surface area contributed by atoms with Gasteiger partial charge in [-0.25, -0.2) is 14.7 Å². The number of aliphatic hydroxyl groups is 2. The summed E-state index contributed by atoms with van der Waals surface area (Å²) in [5.74, 6) is 6.10. The molecule has 0 aliphatic carbocycles. The summed E-state index contributed by atoms with van der Waals surface area (Å²) < 4.78 is 1.49. The molecule has 0 saturated carbocycles. The zero-order valence-electron chi connectivity index (χ0n) is 18.3. The summed E-state index contributed by atoms with van der Waals surface area (Å²) in [6.45, 7) is 3.58. The number of nitrogens with zero attached hydrogens (tertiary/aromatic N) is 6. The van der Waals surface area contributed by atoms with E-state index in [0.717, 1.165) is 0 Å². The first-order valence-electron chi connectivity index (χ1n) is 10.4. The Morgan fingerprint density at radius 1 is 1.32 bits per heavy atom. The molecule has 5 rings (SSSR count). The van der Waals surface area contributed by atoms with Gasteiger partial charge < -0.3 is 25.7 Å². The summed E-state index contributed by atoms with van der Waals surface area (Å²) in [6.07, 6.45) is -0.0174. The normalized spacial score (nSPS) is 19.6. The van der Waals surface area contributed by atoms with Crippen LogP contribution in [0.15, 0.2) is 35.5 Å². The summed E-state index contributed by atoms with van der Waals surface area (Å²) in [4.78, 5) is 36.5. The van der Waals surface area contributed by atoms with Crippen LogP contribution in [0.25, 0.3) is 16.7 Å². The van der Waals surface area contributed by atoms with E-state index in [1.165, 1.54) is 22.7 Å².